The minimum atomic E-state index is 0.144. The summed E-state index contributed by atoms with van der Waals surface area (Å²) in [5.41, 5.74) is 1.12. The van der Waals surface area contributed by atoms with Gasteiger partial charge in [-0.15, -0.1) is 0 Å². The highest BCUT2D eigenvalue weighted by Crippen LogP contribution is 2.25. The normalized spacial score (nSPS) is 12.4. The van der Waals surface area contributed by atoms with Crippen LogP contribution in [-0.2, 0) is 9.47 Å². The van der Waals surface area contributed by atoms with Crippen molar-refractivity contribution in [1.29, 1.82) is 0 Å². The Morgan fingerprint density at radius 1 is 1.16 bits per heavy atom. The first-order valence-electron chi connectivity index (χ1n) is 6.79. The number of hydrogen-bond donors (Lipinski definition) is 1. The molecule has 0 aliphatic carbocycles. The van der Waals surface area contributed by atoms with Crippen molar-refractivity contribution in [2.45, 2.75) is 19.4 Å². The van der Waals surface area contributed by atoms with Gasteiger partial charge < -0.3 is 19.5 Å². The van der Waals surface area contributed by atoms with Gasteiger partial charge in [0.05, 0.1) is 19.3 Å². The number of para-hydroxylation sites is 1. The van der Waals surface area contributed by atoms with Crippen LogP contribution in [0.15, 0.2) is 24.3 Å². The van der Waals surface area contributed by atoms with Crippen molar-refractivity contribution in [3.05, 3.63) is 29.8 Å². The zero-order chi connectivity index (χ0) is 13.9. The minimum absolute atomic E-state index is 0.144. The van der Waals surface area contributed by atoms with Gasteiger partial charge in [-0.25, -0.2) is 0 Å². The summed E-state index contributed by atoms with van der Waals surface area (Å²) in [7, 11) is 3.61. The number of ether oxygens (including phenoxy) is 3. The fourth-order valence-electron chi connectivity index (χ4n) is 1.81. The first kappa shape index (κ1) is 16.0. The molecule has 0 saturated heterocycles. The lowest BCUT2D eigenvalue weighted by Crippen LogP contribution is -2.23. The number of methoxy groups -OCH3 is 1. The van der Waals surface area contributed by atoms with Crippen molar-refractivity contribution >= 4 is 0 Å². The summed E-state index contributed by atoms with van der Waals surface area (Å²) in [6.45, 7) is 4.68. The Morgan fingerprint density at radius 3 is 2.63 bits per heavy atom. The summed E-state index contributed by atoms with van der Waals surface area (Å²) in [6.07, 6.45) is 1.03. The molecule has 1 rings (SSSR count). The largest absolute Gasteiger partial charge is 0.491 e. The molecule has 0 spiro atoms. The second-order valence-electron chi connectivity index (χ2n) is 4.30. The number of likely N-dealkylation sites (N-methyl/N-ethyl adjacent to an activating group) is 1. The summed E-state index contributed by atoms with van der Waals surface area (Å²) in [5, 5.41) is 3.27. The predicted octanol–water partition coefficient (Wildman–Crippen LogP) is 2.40. The average Bonchev–Trinajstić information content (AvgIpc) is 2.45. The predicted molar refractivity (Wildman–Crippen MR) is 76.7 cm³/mol. The molecule has 1 N–H and O–H groups in total. The molecule has 0 amide bonds. The fourth-order valence-corrected chi connectivity index (χ4v) is 1.81. The lowest BCUT2D eigenvalue weighted by Gasteiger charge is -2.20. The van der Waals surface area contributed by atoms with Gasteiger partial charge in [0.2, 0.25) is 0 Å². The number of rotatable bonds is 10. The van der Waals surface area contributed by atoms with E-state index in [-0.39, 0.29) is 6.04 Å². The molecule has 4 nitrogen and oxygen atoms in total. The first-order valence-corrected chi connectivity index (χ1v) is 6.79. The molecule has 0 aliphatic heterocycles. The topological polar surface area (TPSA) is 39.7 Å². The summed E-state index contributed by atoms with van der Waals surface area (Å²) in [6, 6.07) is 8.19. The zero-order valence-electron chi connectivity index (χ0n) is 12.1. The van der Waals surface area contributed by atoms with Crippen LogP contribution in [0.3, 0.4) is 0 Å². The first-order chi connectivity index (χ1) is 9.33. The van der Waals surface area contributed by atoms with Gasteiger partial charge >= 0.3 is 0 Å². The Labute approximate surface area is 116 Å². The molecule has 0 aliphatic rings. The third-order valence-electron chi connectivity index (χ3n) is 2.82. The molecule has 1 unspecified atom stereocenters. The van der Waals surface area contributed by atoms with E-state index in [0.29, 0.717) is 19.8 Å². The summed E-state index contributed by atoms with van der Waals surface area (Å²) >= 11 is 0. The lowest BCUT2D eigenvalue weighted by molar-refractivity contribution is 0.111. The van der Waals surface area contributed by atoms with Crippen LogP contribution in [0.25, 0.3) is 0 Å². The van der Waals surface area contributed by atoms with Crippen LogP contribution in [0.4, 0.5) is 0 Å². The molecule has 19 heavy (non-hydrogen) atoms. The number of hydrogen-bond acceptors (Lipinski definition) is 4. The molecular formula is C15H25NO3. The fraction of sp³-hybridized carbons (Fsp3) is 0.600. The molecule has 0 aromatic heterocycles. The van der Waals surface area contributed by atoms with Crippen LogP contribution in [0.2, 0.25) is 0 Å². The Hall–Kier alpha value is -1.10. The van der Waals surface area contributed by atoms with Crippen molar-refractivity contribution in [3.8, 4) is 5.75 Å². The van der Waals surface area contributed by atoms with Crippen LogP contribution in [0.5, 0.6) is 5.75 Å². The summed E-state index contributed by atoms with van der Waals surface area (Å²) in [4.78, 5) is 0. The molecule has 0 heterocycles. The minimum Gasteiger partial charge on any atom is -0.491 e. The third-order valence-corrected chi connectivity index (χ3v) is 2.82. The maximum Gasteiger partial charge on any atom is 0.124 e. The number of benzene rings is 1. The van der Waals surface area contributed by atoms with E-state index in [1.807, 2.05) is 25.2 Å². The van der Waals surface area contributed by atoms with Crippen LogP contribution < -0.4 is 10.1 Å². The van der Waals surface area contributed by atoms with Crippen LogP contribution in [-0.4, -0.2) is 40.6 Å². The Bertz CT molecular complexity index is 344. The van der Waals surface area contributed by atoms with Crippen molar-refractivity contribution in [2.24, 2.45) is 0 Å². The second-order valence-corrected chi connectivity index (χ2v) is 4.30. The Balaban J connectivity index is 2.66. The van der Waals surface area contributed by atoms with E-state index in [4.69, 9.17) is 14.2 Å². The molecule has 1 aromatic rings. The van der Waals surface area contributed by atoms with Gasteiger partial charge in [-0.2, -0.15) is 0 Å². The van der Waals surface area contributed by atoms with Crippen LogP contribution in [0.1, 0.15) is 24.9 Å². The molecule has 108 valence electrons. The van der Waals surface area contributed by atoms with Gasteiger partial charge in [0.25, 0.3) is 0 Å². The summed E-state index contributed by atoms with van der Waals surface area (Å²) < 4.78 is 16.4. The van der Waals surface area contributed by atoms with Crippen molar-refractivity contribution in [3.63, 3.8) is 0 Å². The van der Waals surface area contributed by atoms with Gasteiger partial charge in [0, 0.05) is 19.3 Å². The van der Waals surface area contributed by atoms with Crippen molar-refractivity contribution < 1.29 is 14.2 Å². The maximum absolute atomic E-state index is 5.75. The van der Waals surface area contributed by atoms with Crippen molar-refractivity contribution in [1.82, 2.24) is 5.32 Å². The SMILES string of the molecule is CCCOCC(NC)c1ccccc1OCCOC. The van der Waals surface area contributed by atoms with Crippen LogP contribution >= 0.6 is 0 Å². The highest BCUT2D eigenvalue weighted by atomic mass is 16.5. The molecule has 4 heteroatoms. The Morgan fingerprint density at radius 2 is 1.95 bits per heavy atom. The van der Waals surface area contributed by atoms with Gasteiger partial charge in [-0.05, 0) is 19.5 Å². The monoisotopic (exact) mass is 267 g/mol. The van der Waals surface area contributed by atoms with E-state index in [2.05, 4.69) is 18.3 Å². The Kier molecular flexibility index (Phi) is 8.21. The summed E-state index contributed by atoms with van der Waals surface area (Å²) in [5.74, 6) is 0.888. The van der Waals surface area contributed by atoms with E-state index in [9.17, 15) is 0 Å². The quantitative estimate of drug-likeness (QED) is 0.661. The molecular weight excluding hydrogens is 242 g/mol. The standard InChI is InChI=1S/C15H25NO3/c1-4-9-18-12-14(16-2)13-7-5-6-8-15(13)19-11-10-17-3/h5-8,14,16H,4,9-12H2,1-3H3. The van der Waals surface area contributed by atoms with Gasteiger partial charge in [-0.3, -0.25) is 0 Å². The van der Waals surface area contributed by atoms with E-state index < -0.39 is 0 Å². The molecule has 0 fully saturated rings. The maximum atomic E-state index is 5.75. The van der Waals surface area contributed by atoms with Crippen LogP contribution in [0, 0.1) is 0 Å². The second kappa shape index (κ2) is 9.78. The lowest BCUT2D eigenvalue weighted by atomic mass is 10.1. The molecule has 0 radical (unpaired) electrons. The molecule has 0 bridgehead atoms. The molecule has 0 saturated carbocycles. The highest BCUT2D eigenvalue weighted by Gasteiger charge is 2.14. The highest BCUT2D eigenvalue weighted by molar-refractivity contribution is 5.36. The zero-order valence-corrected chi connectivity index (χ0v) is 12.1. The van der Waals surface area contributed by atoms with Gasteiger partial charge in [0.15, 0.2) is 0 Å². The number of nitrogens with one attached hydrogen (secondary N) is 1. The van der Waals surface area contributed by atoms with Crippen molar-refractivity contribution in [2.75, 3.05) is 40.6 Å². The van der Waals surface area contributed by atoms with Gasteiger partial charge in [0.1, 0.15) is 12.4 Å². The van der Waals surface area contributed by atoms with E-state index in [1.54, 1.807) is 7.11 Å². The molecule has 1 aromatic carbocycles. The smallest absolute Gasteiger partial charge is 0.124 e. The van der Waals surface area contributed by atoms with E-state index >= 15 is 0 Å². The molecule has 1 atom stereocenters. The van der Waals surface area contributed by atoms with E-state index in [0.717, 1.165) is 24.3 Å². The van der Waals surface area contributed by atoms with Gasteiger partial charge in [-0.1, -0.05) is 25.1 Å². The third kappa shape index (κ3) is 5.59. The average molecular weight is 267 g/mol. The van der Waals surface area contributed by atoms with E-state index in [1.165, 1.54) is 0 Å².